The van der Waals surface area contributed by atoms with Gasteiger partial charge in [0.1, 0.15) is 11.2 Å². The molecule has 1 aromatic heterocycles. The van der Waals surface area contributed by atoms with E-state index >= 15 is 0 Å². The Balaban J connectivity index is 0.978. The van der Waals surface area contributed by atoms with Crippen LogP contribution in [0.25, 0.3) is 77.6 Å². The summed E-state index contributed by atoms with van der Waals surface area (Å²) in [4.78, 5) is 2.41. The van der Waals surface area contributed by atoms with E-state index in [2.05, 4.69) is 221 Å². The molecule has 0 saturated carbocycles. The van der Waals surface area contributed by atoms with Gasteiger partial charge in [-0.15, -0.1) is 0 Å². The summed E-state index contributed by atoms with van der Waals surface area (Å²) in [7, 11) is 0. The number of anilines is 3. The minimum absolute atomic E-state index is 0.0730. The van der Waals surface area contributed by atoms with Gasteiger partial charge in [0.15, 0.2) is 0 Å². The number of furan rings is 1. The fourth-order valence-electron chi connectivity index (χ4n) is 10.7. The van der Waals surface area contributed by atoms with Crippen LogP contribution in [0.4, 0.5) is 17.1 Å². The van der Waals surface area contributed by atoms with Crippen molar-refractivity contribution in [3.63, 3.8) is 0 Å². The molecule has 2 aliphatic rings. The second-order valence-corrected chi connectivity index (χ2v) is 18.1. The first-order valence-electron chi connectivity index (χ1n) is 21.7. The molecule has 0 fully saturated rings. The van der Waals surface area contributed by atoms with Gasteiger partial charge in [-0.1, -0.05) is 167 Å². The number of rotatable bonds is 6. The van der Waals surface area contributed by atoms with Gasteiger partial charge in [-0.3, -0.25) is 0 Å². The molecule has 9 aromatic carbocycles. The van der Waals surface area contributed by atoms with Crippen molar-refractivity contribution in [3.05, 3.63) is 222 Å². The average molecular weight is 796 g/mol. The molecule has 62 heavy (non-hydrogen) atoms. The van der Waals surface area contributed by atoms with Gasteiger partial charge in [0.2, 0.25) is 0 Å². The highest BCUT2D eigenvalue weighted by molar-refractivity contribution is 6.12. The molecule has 10 aromatic rings. The van der Waals surface area contributed by atoms with E-state index in [1.807, 2.05) is 12.1 Å². The lowest BCUT2D eigenvalue weighted by molar-refractivity contribution is 0.660. The lowest BCUT2D eigenvalue weighted by atomic mass is 9.81. The monoisotopic (exact) mass is 795 g/mol. The summed E-state index contributed by atoms with van der Waals surface area (Å²) in [6.07, 6.45) is 0. The second kappa shape index (κ2) is 13.5. The Morgan fingerprint density at radius 1 is 0.323 bits per heavy atom. The normalized spacial score (nSPS) is 14.1. The van der Waals surface area contributed by atoms with Crippen LogP contribution in [0.5, 0.6) is 0 Å². The van der Waals surface area contributed by atoms with Crippen molar-refractivity contribution in [2.75, 3.05) is 4.90 Å². The first kappa shape index (κ1) is 36.4. The smallest absolute Gasteiger partial charge is 0.136 e. The van der Waals surface area contributed by atoms with Crippen LogP contribution in [0.3, 0.4) is 0 Å². The molecule has 0 amide bonds. The van der Waals surface area contributed by atoms with Crippen molar-refractivity contribution in [2.45, 2.75) is 38.5 Å². The highest BCUT2D eigenvalue weighted by Crippen LogP contribution is 2.51. The maximum absolute atomic E-state index is 6.28. The highest BCUT2D eigenvalue weighted by atomic mass is 16.3. The summed E-state index contributed by atoms with van der Waals surface area (Å²) in [6, 6.07) is 73.6. The van der Waals surface area contributed by atoms with Gasteiger partial charge in [0, 0.05) is 38.7 Å². The SMILES string of the molecule is CC1(C)c2ccccc2-c2ccc(-c3cccc(N(c4ccc(-c5cccc6oc7ccccc7c56)cc4)c4cccc(-c5ccc6c(c5)C(C)(C)c5ccccc5-6)c4)c3)cc21. The van der Waals surface area contributed by atoms with E-state index in [1.165, 1.54) is 66.8 Å². The van der Waals surface area contributed by atoms with Crippen LogP contribution in [0.15, 0.2) is 205 Å². The Hall–Kier alpha value is -7.42. The first-order valence-corrected chi connectivity index (χ1v) is 21.7. The molecular weight excluding hydrogens is 751 g/mol. The van der Waals surface area contributed by atoms with Crippen LogP contribution in [0, 0.1) is 0 Å². The third kappa shape index (κ3) is 5.49. The molecule has 1 heterocycles. The van der Waals surface area contributed by atoms with E-state index in [1.54, 1.807) is 0 Å². The molecule has 2 heteroatoms. The average Bonchev–Trinajstić information content (AvgIpc) is 3.89. The summed E-state index contributed by atoms with van der Waals surface area (Å²) in [5.41, 5.74) is 23.0. The number of nitrogens with zero attached hydrogens (tertiary/aromatic N) is 1. The fourth-order valence-corrected chi connectivity index (χ4v) is 10.7. The highest BCUT2D eigenvalue weighted by Gasteiger charge is 2.36. The Kier molecular flexibility index (Phi) is 7.96. The third-order valence-corrected chi connectivity index (χ3v) is 13.9. The second-order valence-electron chi connectivity index (χ2n) is 18.1. The third-order valence-electron chi connectivity index (χ3n) is 13.9. The Bertz CT molecular complexity index is 3270. The van der Waals surface area contributed by atoms with Crippen LogP contribution in [-0.4, -0.2) is 0 Å². The van der Waals surface area contributed by atoms with Crippen LogP contribution in [0.2, 0.25) is 0 Å². The Labute approximate surface area is 363 Å². The topological polar surface area (TPSA) is 16.4 Å². The maximum Gasteiger partial charge on any atom is 0.136 e. The molecule has 0 bridgehead atoms. The van der Waals surface area contributed by atoms with E-state index in [0.29, 0.717) is 0 Å². The van der Waals surface area contributed by atoms with Crippen molar-refractivity contribution < 1.29 is 4.42 Å². The number of hydrogen-bond acceptors (Lipinski definition) is 2. The number of fused-ring (bicyclic) bond motifs is 9. The van der Waals surface area contributed by atoms with Gasteiger partial charge >= 0.3 is 0 Å². The summed E-state index contributed by atoms with van der Waals surface area (Å²) < 4.78 is 6.28. The van der Waals surface area contributed by atoms with Crippen molar-refractivity contribution in [1.29, 1.82) is 0 Å². The lowest BCUT2D eigenvalue weighted by Crippen LogP contribution is -2.15. The molecule has 2 nitrogen and oxygen atoms in total. The number of hydrogen-bond donors (Lipinski definition) is 0. The van der Waals surface area contributed by atoms with E-state index in [0.717, 1.165) is 50.1 Å². The van der Waals surface area contributed by atoms with Gasteiger partial charge < -0.3 is 9.32 Å². The Morgan fingerprint density at radius 2 is 0.774 bits per heavy atom. The van der Waals surface area contributed by atoms with Crippen molar-refractivity contribution >= 4 is 39.0 Å². The molecule has 0 N–H and O–H groups in total. The Morgan fingerprint density at radius 3 is 1.37 bits per heavy atom. The molecule has 0 saturated heterocycles. The zero-order valence-corrected chi connectivity index (χ0v) is 35.4. The molecule has 0 unspecified atom stereocenters. The molecule has 2 aliphatic carbocycles. The van der Waals surface area contributed by atoms with Crippen molar-refractivity contribution in [3.8, 4) is 55.6 Å². The molecule has 0 radical (unpaired) electrons. The minimum atomic E-state index is -0.0730. The predicted octanol–water partition coefficient (Wildman–Crippen LogP) is 16.7. The molecule has 0 atom stereocenters. The predicted molar refractivity (Wildman–Crippen MR) is 260 cm³/mol. The summed E-state index contributed by atoms with van der Waals surface area (Å²) in [5, 5.41) is 2.28. The van der Waals surface area contributed by atoms with Crippen LogP contribution in [0.1, 0.15) is 49.9 Å². The van der Waals surface area contributed by atoms with Crippen molar-refractivity contribution in [2.24, 2.45) is 0 Å². The summed E-state index contributed by atoms with van der Waals surface area (Å²) >= 11 is 0. The van der Waals surface area contributed by atoms with Gasteiger partial charge in [0.05, 0.1) is 0 Å². The zero-order chi connectivity index (χ0) is 41.7. The first-order chi connectivity index (χ1) is 30.2. The fraction of sp³-hybridized carbons (Fsp3) is 0.100. The molecular formula is C60H45NO. The summed E-state index contributed by atoms with van der Waals surface area (Å²) in [6.45, 7) is 9.41. The van der Waals surface area contributed by atoms with E-state index in [4.69, 9.17) is 4.42 Å². The van der Waals surface area contributed by atoms with Crippen LogP contribution in [-0.2, 0) is 10.8 Å². The molecule has 296 valence electrons. The standard InChI is InChI=1S/C60H45NO/c1-59(2)52-22-8-5-18-47(52)49-32-28-41(36-54(49)59)39-14-11-16-44(34-39)61(43-30-26-38(27-31-43)46-21-13-25-57-58(46)51-20-7-10-24-56(51)62-57)45-17-12-15-40(35-45)42-29-33-50-48-19-6-9-23-53(48)60(3,4)55(50)37-42/h5-37H,1-4H3. The molecule has 0 aliphatic heterocycles. The minimum Gasteiger partial charge on any atom is -0.456 e. The van der Waals surface area contributed by atoms with Crippen LogP contribution >= 0.6 is 0 Å². The van der Waals surface area contributed by atoms with Gasteiger partial charge in [0.25, 0.3) is 0 Å². The van der Waals surface area contributed by atoms with Gasteiger partial charge in [-0.25, -0.2) is 0 Å². The van der Waals surface area contributed by atoms with E-state index in [9.17, 15) is 0 Å². The zero-order valence-electron chi connectivity index (χ0n) is 35.4. The van der Waals surface area contributed by atoms with E-state index < -0.39 is 0 Å². The maximum atomic E-state index is 6.28. The molecule has 0 spiro atoms. The van der Waals surface area contributed by atoms with E-state index in [-0.39, 0.29) is 10.8 Å². The lowest BCUT2D eigenvalue weighted by Gasteiger charge is -2.27. The van der Waals surface area contributed by atoms with Crippen LogP contribution < -0.4 is 4.90 Å². The van der Waals surface area contributed by atoms with Gasteiger partial charge in [-0.2, -0.15) is 0 Å². The largest absolute Gasteiger partial charge is 0.456 e. The quantitative estimate of drug-likeness (QED) is 0.167. The van der Waals surface area contributed by atoms with Gasteiger partial charge in [-0.05, 0) is 139 Å². The number of benzene rings is 9. The number of para-hydroxylation sites is 1. The van der Waals surface area contributed by atoms with Crippen molar-refractivity contribution in [1.82, 2.24) is 0 Å². The molecule has 12 rings (SSSR count). The summed E-state index contributed by atoms with van der Waals surface area (Å²) in [5.74, 6) is 0.